The van der Waals surface area contributed by atoms with Gasteiger partial charge in [-0.05, 0) is 70.7 Å². The standard InChI is InChI=1S/C31H34BrN8OP/c1-20-15-28(40-13-11-33-12-14-40)24(22-17-35-39(2)19-22)16-27(20)37-31-34-18-25(32)30(38-31)36-26-10-9-21-7-5-6-8-23(21)29(26)42(3,4)41/h5-10,15-19,33H,11-14H2,1-4H3,(H2,34,36,37,38). The fourth-order valence-electron chi connectivity index (χ4n) is 5.49. The van der Waals surface area contributed by atoms with Crippen LogP contribution in [0.2, 0.25) is 0 Å². The van der Waals surface area contributed by atoms with E-state index in [0.717, 1.165) is 70.3 Å². The molecule has 11 heteroatoms. The summed E-state index contributed by atoms with van der Waals surface area (Å²) in [6.07, 6.45) is 5.67. The number of aryl methyl sites for hydroxylation is 2. The summed E-state index contributed by atoms with van der Waals surface area (Å²) in [5.74, 6) is 1.04. The van der Waals surface area contributed by atoms with Gasteiger partial charge < -0.3 is 25.4 Å². The summed E-state index contributed by atoms with van der Waals surface area (Å²) in [5, 5.41) is 17.6. The molecular formula is C31H34BrN8OP. The zero-order valence-corrected chi connectivity index (χ0v) is 26.6. The van der Waals surface area contributed by atoms with Gasteiger partial charge in [-0.25, -0.2) is 4.98 Å². The van der Waals surface area contributed by atoms with Crippen LogP contribution in [0.5, 0.6) is 0 Å². The first-order chi connectivity index (χ1) is 20.2. The molecule has 3 aromatic carbocycles. The van der Waals surface area contributed by atoms with Crippen LogP contribution >= 0.6 is 23.1 Å². The Morgan fingerprint density at radius 2 is 1.79 bits per heavy atom. The Hall–Kier alpha value is -3.72. The van der Waals surface area contributed by atoms with Gasteiger partial charge >= 0.3 is 0 Å². The predicted molar refractivity (Wildman–Crippen MR) is 178 cm³/mol. The van der Waals surface area contributed by atoms with Crippen LogP contribution in [0.3, 0.4) is 0 Å². The number of hydrogen-bond donors (Lipinski definition) is 3. The highest BCUT2D eigenvalue weighted by Gasteiger charge is 2.22. The summed E-state index contributed by atoms with van der Waals surface area (Å²) < 4.78 is 16.0. The fourth-order valence-corrected chi connectivity index (χ4v) is 7.27. The van der Waals surface area contributed by atoms with Gasteiger partial charge in [0.2, 0.25) is 5.95 Å². The number of fused-ring (bicyclic) bond motifs is 1. The molecule has 216 valence electrons. The molecule has 0 unspecified atom stereocenters. The van der Waals surface area contributed by atoms with Crippen LogP contribution < -0.4 is 26.2 Å². The second kappa shape index (κ2) is 11.5. The Morgan fingerprint density at radius 3 is 2.52 bits per heavy atom. The molecule has 1 aliphatic rings. The van der Waals surface area contributed by atoms with E-state index in [1.807, 2.05) is 60.5 Å². The van der Waals surface area contributed by atoms with Gasteiger partial charge in [0.05, 0.1) is 16.4 Å². The summed E-state index contributed by atoms with van der Waals surface area (Å²) in [4.78, 5) is 11.8. The van der Waals surface area contributed by atoms with Crippen LogP contribution in [-0.4, -0.2) is 59.3 Å². The van der Waals surface area contributed by atoms with E-state index in [2.05, 4.69) is 65.9 Å². The number of aromatic nitrogens is 4. The molecule has 3 N–H and O–H groups in total. The first-order valence-electron chi connectivity index (χ1n) is 13.9. The smallest absolute Gasteiger partial charge is 0.229 e. The summed E-state index contributed by atoms with van der Waals surface area (Å²) >= 11 is 3.61. The molecule has 1 saturated heterocycles. The minimum absolute atomic E-state index is 0.453. The van der Waals surface area contributed by atoms with E-state index in [4.69, 9.17) is 4.98 Å². The maximum absolute atomic E-state index is 13.5. The molecule has 42 heavy (non-hydrogen) atoms. The Morgan fingerprint density at radius 1 is 1.00 bits per heavy atom. The van der Waals surface area contributed by atoms with E-state index in [-0.39, 0.29) is 0 Å². The molecular weight excluding hydrogens is 611 g/mol. The topological polar surface area (TPSA) is 100 Å². The molecule has 0 bridgehead atoms. The Labute approximate surface area is 254 Å². The third-order valence-electron chi connectivity index (χ3n) is 7.50. The molecule has 5 aromatic rings. The molecule has 2 aromatic heterocycles. The van der Waals surface area contributed by atoms with Crippen molar-refractivity contribution in [3.8, 4) is 11.1 Å². The predicted octanol–water partition coefficient (Wildman–Crippen LogP) is 6.25. The van der Waals surface area contributed by atoms with Crippen molar-refractivity contribution < 1.29 is 4.57 Å². The number of halogens is 1. The second-order valence-electron chi connectivity index (χ2n) is 11.0. The number of nitrogens with one attached hydrogen (secondary N) is 3. The monoisotopic (exact) mass is 644 g/mol. The number of piperazine rings is 1. The zero-order valence-electron chi connectivity index (χ0n) is 24.1. The van der Waals surface area contributed by atoms with Gasteiger partial charge in [0.15, 0.2) is 0 Å². The van der Waals surface area contributed by atoms with E-state index < -0.39 is 7.14 Å². The molecule has 0 saturated carbocycles. The molecule has 3 heterocycles. The number of hydrogen-bond acceptors (Lipinski definition) is 8. The first-order valence-corrected chi connectivity index (χ1v) is 17.3. The van der Waals surface area contributed by atoms with Crippen molar-refractivity contribution in [2.45, 2.75) is 6.92 Å². The van der Waals surface area contributed by atoms with Crippen molar-refractivity contribution in [3.63, 3.8) is 0 Å². The van der Waals surface area contributed by atoms with Crippen LogP contribution in [0.15, 0.2) is 71.6 Å². The van der Waals surface area contributed by atoms with E-state index in [1.165, 1.54) is 5.69 Å². The zero-order chi connectivity index (χ0) is 29.4. The van der Waals surface area contributed by atoms with E-state index >= 15 is 0 Å². The summed E-state index contributed by atoms with van der Waals surface area (Å²) in [7, 11) is -0.695. The van der Waals surface area contributed by atoms with Crippen LogP contribution in [-0.2, 0) is 11.6 Å². The Balaban J connectivity index is 1.36. The number of anilines is 5. The number of benzene rings is 3. The Bertz CT molecular complexity index is 1830. The number of nitrogens with zero attached hydrogens (tertiary/aromatic N) is 5. The lowest BCUT2D eigenvalue weighted by molar-refractivity contribution is 0.588. The van der Waals surface area contributed by atoms with E-state index in [1.54, 1.807) is 19.5 Å². The Kier molecular flexibility index (Phi) is 7.79. The molecule has 9 nitrogen and oxygen atoms in total. The highest BCUT2D eigenvalue weighted by atomic mass is 79.9. The highest BCUT2D eigenvalue weighted by Crippen LogP contribution is 2.42. The molecule has 1 fully saturated rings. The maximum Gasteiger partial charge on any atom is 0.229 e. The summed E-state index contributed by atoms with van der Waals surface area (Å²) in [6, 6.07) is 16.4. The normalized spacial score (nSPS) is 13.9. The lowest BCUT2D eigenvalue weighted by Gasteiger charge is -2.32. The third-order valence-corrected chi connectivity index (χ3v) is 9.64. The molecule has 1 aliphatic heterocycles. The van der Waals surface area contributed by atoms with Crippen LogP contribution in [0.1, 0.15) is 5.56 Å². The van der Waals surface area contributed by atoms with Gasteiger partial charge in [0.25, 0.3) is 0 Å². The van der Waals surface area contributed by atoms with Gasteiger partial charge in [0, 0.05) is 73.4 Å². The van der Waals surface area contributed by atoms with Gasteiger partial charge in [-0.2, -0.15) is 10.1 Å². The SMILES string of the molecule is Cc1cc(N2CCNCC2)c(-c2cnn(C)c2)cc1Nc1ncc(Br)c(Nc2ccc3ccccc3c2P(C)(C)=O)n1. The molecule has 0 amide bonds. The summed E-state index contributed by atoms with van der Waals surface area (Å²) in [5.41, 5.74) is 6.13. The van der Waals surface area contributed by atoms with Crippen molar-refractivity contribution in [3.05, 3.63) is 77.2 Å². The third kappa shape index (κ3) is 5.79. The van der Waals surface area contributed by atoms with Crippen LogP contribution in [0.4, 0.5) is 28.8 Å². The van der Waals surface area contributed by atoms with Crippen LogP contribution in [0.25, 0.3) is 21.9 Å². The molecule has 0 aliphatic carbocycles. The molecule has 6 rings (SSSR count). The van der Waals surface area contributed by atoms with Crippen molar-refractivity contribution in [2.24, 2.45) is 7.05 Å². The van der Waals surface area contributed by atoms with Crippen molar-refractivity contribution in [1.29, 1.82) is 0 Å². The minimum Gasteiger partial charge on any atom is -0.368 e. The van der Waals surface area contributed by atoms with E-state index in [9.17, 15) is 4.57 Å². The minimum atomic E-state index is -2.63. The van der Waals surface area contributed by atoms with Gasteiger partial charge in [-0.15, -0.1) is 0 Å². The average Bonchev–Trinajstić information content (AvgIpc) is 3.41. The average molecular weight is 646 g/mol. The largest absolute Gasteiger partial charge is 0.368 e. The molecule has 0 radical (unpaired) electrons. The second-order valence-corrected chi connectivity index (χ2v) is 15.0. The van der Waals surface area contributed by atoms with Crippen molar-refractivity contribution in [2.75, 3.05) is 55.0 Å². The van der Waals surface area contributed by atoms with E-state index in [0.29, 0.717) is 16.2 Å². The highest BCUT2D eigenvalue weighted by molar-refractivity contribution is 9.10. The van der Waals surface area contributed by atoms with Crippen molar-refractivity contribution >= 4 is 68.0 Å². The lowest BCUT2D eigenvalue weighted by Crippen LogP contribution is -2.43. The van der Waals surface area contributed by atoms with Crippen LogP contribution in [0, 0.1) is 6.92 Å². The van der Waals surface area contributed by atoms with Crippen molar-refractivity contribution in [1.82, 2.24) is 25.1 Å². The lowest BCUT2D eigenvalue weighted by atomic mass is 10.0. The number of rotatable bonds is 7. The fraction of sp³-hybridized carbons (Fsp3) is 0.258. The van der Waals surface area contributed by atoms with Gasteiger partial charge in [-0.1, -0.05) is 30.3 Å². The molecule has 0 atom stereocenters. The molecule has 0 spiro atoms. The quantitative estimate of drug-likeness (QED) is 0.179. The van der Waals surface area contributed by atoms with Gasteiger partial charge in [0.1, 0.15) is 13.0 Å². The maximum atomic E-state index is 13.5. The summed E-state index contributed by atoms with van der Waals surface area (Å²) in [6.45, 7) is 9.51. The first kappa shape index (κ1) is 28.4. The van der Waals surface area contributed by atoms with Gasteiger partial charge in [-0.3, -0.25) is 4.68 Å².